The van der Waals surface area contributed by atoms with Gasteiger partial charge in [0, 0.05) is 20.1 Å². The van der Waals surface area contributed by atoms with E-state index in [0.717, 1.165) is 17.7 Å². The molecule has 0 atom stereocenters. The van der Waals surface area contributed by atoms with Crippen LogP contribution >= 0.6 is 0 Å². The molecule has 3 aromatic rings. The minimum absolute atomic E-state index is 0.0807. The highest BCUT2D eigenvalue weighted by Crippen LogP contribution is 2.25. The maximum atomic E-state index is 12.3. The van der Waals surface area contributed by atoms with Crippen LogP contribution in [0.5, 0.6) is 0 Å². The molecule has 6 heteroatoms. The molecule has 3 N–H and O–H groups in total. The molecule has 0 saturated heterocycles. The molecule has 0 aliphatic rings. The summed E-state index contributed by atoms with van der Waals surface area (Å²) in [6.07, 6.45) is 0.750. The average molecular weight is 417 g/mol. The van der Waals surface area contributed by atoms with Gasteiger partial charge in [0.2, 0.25) is 5.91 Å². The summed E-state index contributed by atoms with van der Waals surface area (Å²) in [5.41, 5.74) is 3.91. The van der Waals surface area contributed by atoms with Crippen molar-refractivity contribution in [2.45, 2.75) is 13.0 Å². The highest BCUT2D eigenvalue weighted by atomic mass is 16.2. The summed E-state index contributed by atoms with van der Waals surface area (Å²) in [7, 11) is 1.98. The molecule has 0 radical (unpaired) electrons. The highest BCUT2D eigenvalue weighted by Gasteiger charge is 2.11. The number of benzene rings is 3. The zero-order chi connectivity index (χ0) is 21.9. The summed E-state index contributed by atoms with van der Waals surface area (Å²) in [6.45, 7) is 1.16. The summed E-state index contributed by atoms with van der Waals surface area (Å²) in [6, 6.07) is 27.2. The first-order chi connectivity index (χ1) is 15.1. The van der Waals surface area contributed by atoms with E-state index in [2.05, 4.69) is 33.0 Å². The Bertz CT molecular complexity index is 977. The van der Waals surface area contributed by atoms with Gasteiger partial charge in [-0.25, -0.2) is 4.79 Å². The first-order valence-electron chi connectivity index (χ1n) is 10.3. The zero-order valence-electron chi connectivity index (χ0n) is 17.7. The predicted molar refractivity (Wildman–Crippen MR) is 125 cm³/mol. The number of para-hydroxylation sites is 2. The minimum atomic E-state index is -0.418. The van der Waals surface area contributed by atoms with Gasteiger partial charge in [0.25, 0.3) is 0 Å². The molecule has 0 spiro atoms. The zero-order valence-corrected chi connectivity index (χ0v) is 17.7. The third kappa shape index (κ3) is 7.19. The quantitative estimate of drug-likeness (QED) is 0.497. The smallest absolute Gasteiger partial charge is 0.319 e. The van der Waals surface area contributed by atoms with E-state index in [1.165, 1.54) is 5.56 Å². The normalized spacial score (nSPS) is 10.2. The van der Waals surface area contributed by atoms with Crippen molar-refractivity contribution in [1.82, 2.24) is 10.6 Å². The molecular formula is C25H28N4O2. The number of hydrogen-bond donors (Lipinski definition) is 3. The minimum Gasteiger partial charge on any atom is -0.369 e. The van der Waals surface area contributed by atoms with Crippen molar-refractivity contribution in [3.05, 3.63) is 96.1 Å². The van der Waals surface area contributed by atoms with Crippen LogP contribution < -0.4 is 20.9 Å². The van der Waals surface area contributed by atoms with Crippen LogP contribution in [0.1, 0.15) is 11.1 Å². The monoisotopic (exact) mass is 416 g/mol. The highest BCUT2D eigenvalue weighted by molar-refractivity contribution is 5.95. The predicted octanol–water partition coefficient (Wildman–Crippen LogP) is 3.80. The fourth-order valence-electron chi connectivity index (χ4n) is 3.24. The third-order valence-electron chi connectivity index (χ3n) is 4.81. The molecule has 0 unspecified atom stereocenters. The molecule has 31 heavy (non-hydrogen) atoms. The van der Waals surface area contributed by atoms with Crippen molar-refractivity contribution in [3.63, 3.8) is 0 Å². The summed E-state index contributed by atoms with van der Waals surface area (Å²) in [5, 5.41) is 8.28. The van der Waals surface area contributed by atoms with Crippen LogP contribution in [-0.2, 0) is 17.8 Å². The summed E-state index contributed by atoms with van der Waals surface area (Å²) in [5.74, 6) is -0.222. The number of amides is 3. The van der Waals surface area contributed by atoms with E-state index in [4.69, 9.17) is 0 Å². The summed E-state index contributed by atoms with van der Waals surface area (Å²) >= 11 is 0. The van der Waals surface area contributed by atoms with E-state index in [1.807, 2.05) is 79.8 Å². The Morgan fingerprint density at radius 3 is 2.10 bits per heavy atom. The first-order valence-corrected chi connectivity index (χ1v) is 10.3. The molecule has 0 saturated carbocycles. The molecule has 3 rings (SSSR count). The van der Waals surface area contributed by atoms with Crippen molar-refractivity contribution < 1.29 is 9.59 Å². The maximum absolute atomic E-state index is 12.3. The van der Waals surface area contributed by atoms with Crippen LogP contribution in [0.4, 0.5) is 16.2 Å². The van der Waals surface area contributed by atoms with Crippen molar-refractivity contribution in [1.29, 1.82) is 0 Å². The number of urea groups is 1. The van der Waals surface area contributed by atoms with Crippen LogP contribution in [0.15, 0.2) is 84.9 Å². The molecule has 3 amide bonds. The molecule has 0 aromatic heterocycles. The topological polar surface area (TPSA) is 73.5 Å². The van der Waals surface area contributed by atoms with Crippen LogP contribution in [0.3, 0.4) is 0 Å². The van der Waals surface area contributed by atoms with Crippen molar-refractivity contribution in [3.8, 4) is 0 Å². The number of hydrogen-bond acceptors (Lipinski definition) is 3. The molecule has 0 fully saturated rings. The lowest BCUT2D eigenvalue weighted by Crippen LogP contribution is -2.39. The van der Waals surface area contributed by atoms with Crippen molar-refractivity contribution in [2.24, 2.45) is 0 Å². The van der Waals surface area contributed by atoms with Crippen molar-refractivity contribution in [2.75, 3.05) is 30.4 Å². The number of carbonyl (C=O) groups excluding carboxylic acids is 2. The fraction of sp³-hybridized carbons (Fsp3) is 0.200. The van der Waals surface area contributed by atoms with E-state index < -0.39 is 6.03 Å². The van der Waals surface area contributed by atoms with Gasteiger partial charge >= 0.3 is 6.03 Å². The summed E-state index contributed by atoms with van der Waals surface area (Å²) < 4.78 is 0. The molecular weight excluding hydrogens is 388 g/mol. The maximum Gasteiger partial charge on any atom is 0.319 e. The lowest BCUT2D eigenvalue weighted by Gasteiger charge is -2.23. The SMILES string of the molecule is CN(Cc1ccccc1)c1ccccc1NC(=O)NCC(=O)NCCc1ccccc1. The summed E-state index contributed by atoms with van der Waals surface area (Å²) in [4.78, 5) is 26.4. The second-order valence-electron chi connectivity index (χ2n) is 7.25. The Morgan fingerprint density at radius 1 is 0.774 bits per heavy atom. The third-order valence-corrected chi connectivity index (χ3v) is 4.81. The van der Waals surface area contributed by atoms with E-state index in [0.29, 0.717) is 18.8 Å². The number of rotatable bonds is 9. The van der Waals surface area contributed by atoms with Gasteiger partial charge in [-0.3, -0.25) is 4.79 Å². The van der Waals surface area contributed by atoms with Gasteiger partial charge in [-0.05, 0) is 29.7 Å². The molecule has 0 bridgehead atoms. The van der Waals surface area contributed by atoms with Gasteiger partial charge in [0.05, 0.1) is 17.9 Å². The average Bonchev–Trinajstić information content (AvgIpc) is 2.79. The second kappa shape index (κ2) is 11.4. The number of nitrogens with one attached hydrogen (secondary N) is 3. The van der Waals surface area contributed by atoms with E-state index in [1.54, 1.807) is 0 Å². The van der Waals surface area contributed by atoms with Gasteiger partial charge in [0.15, 0.2) is 0 Å². The van der Waals surface area contributed by atoms with E-state index in [-0.39, 0.29) is 12.5 Å². The van der Waals surface area contributed by atoms with Crippen molar-refractivity contribution >= 4 is 23.3 Å². The molecule has 0 heterocycles. The molecule has 0 aliphatic carbocycles. The Hall–Kier alpha value is -3.80. The van der Waals surface area contributed by atoms with Gasteiger partial charge in [-0.15, -0.1) is 0 Å². The number of nitrogens with zero attached hydrogens (tertiary/aromatic N) is 1. The molecule has 160 valence electrons. The van der Waals surface area contributed by atoms with E-state index >= 15 is 0 Å². The standard InChI is InChI=1S/C25H28N4O2/c1-29(19-21-12-6-3-7-13-21)23-15-9-8-14-22(23)28-25(31)27-18-24(30)26-17-16-20-10-4-2-5-11-20/h2-15H,16-19H2,1H3,(H,26,30)(H2,27,28,31). The Morgan fingerprint density at radius 2 is 1.39 bits per heavy atom. The van der Waals surface area contributed by atoms with Crippen LogP contribution in [0, 0.1) is 0 Å². The Kier molecular flexibility index (Phi) is 8.05. The van der Waals surface area contributed by atoms with Gasteiger partial charge < -0.3 is 20.9 Å². The van der Waals surface area contributed by atoms with Gasteiger partial charge in [-0.1, -0.05) is 72.8 Å². The number of anilines is 2. The van der Waals surface area contributed by atoms with Crippen LogP contribution in [-0.4, -0.2) is 32.1 Å². The lowest BCUT2D eigenvalue weighted by atomic mass is 10.1. The molecule has 3 aromatic carbocycles. The number of carbonyl (C=O) groups is 2. The van der Waals surface area contributed by atoms with Crippen LogP contribution in [0.25, 0.3) is 0 Å². The van der Waals surface area contributed by atoms with E-state index in [9.17, 15) is 9.59 Å². The Balaban J connectivity index is 1.46. The molecule has 6 nitrogen and oxygen atoms in total. The lowest BCUT2D eigenvalue weighted by molar-refractivity contribution is -0.120. The van der Waals surface area contributed by atoms with Gasteiger partial charge in [-0.2, -0.15) is 0 Å². The Labute approximate surface area is 183 Å². The molecule has 0 aliphatic heterocycles. The van der Waals surface area contributed by atoms with Crippen LogP contribution in [0.2, 0.25) is 0 Å². The second-order valence-corrected chi connectivity index (χ2v) is 7.25. The first kappa shape index (κ1) is 21.9. The van der Waals surface area contributed by atoms with Gasteiger partial charge in [0.1, 0.15) is 0 Å². The fourth-order valence-corrected chi connectivity index (χ4v) is 3.24. The largest absolute Gasteiger partial charge is 0.369 e.